The number of hydrogen-bond acceptors (Lipinski definition) is 7. The average molecular weight is 584 g/mol. The highest BCUT2D eigenvalue weighted by Gasteiger charge is 2.36. The fourth-order valence-corrected chi connectivity index (χ4v) is 4.35. The van der Waals surface area contributed by atoms with Gasteiger partial charge in [-0.25, -0.2) is 18.0 Å². The minimum Gasteiger partial charge on any atom is -0.452 e. The summed E-state index contributed by atoms with van der Waals surface area (Å²) in [6.07, 6.45) is 1.36. The first-order valence-corrected chi connectivity index (χ1v) is 12.7. The Kier molecular flexibility index (Phi) is 8.87. The Morgan fingerprint density at radius 3 is 2.24 bits per heavy atom. The van der Waals surface area contributed by atoms with E-state index in [1.807, 2.05) is 24.4 Å². The number of nitrogens with zero attached hydrogens (tertiary/aromatic N) is 1. The molecule has 41 heavy (non-hydrogen) atoms. The van der Waals surface area contributed by atoms with E-state index in [9.17, 15) is 37.1 Å². The third kappa shape index (κ3) is 7.19. The molecule has 3 aromatic carbocycles. The number of hydrogen-bond donors (Lipinski definition) is 2. The molecule has 0 radical (unpaired) electrons. The van der Waals surface area contributed by atoms with Crippen molar-refractivity contribution < 1.29 is 41.9 Å². The van der Waals surface area contributed by atoms with Gasteiger partial charge in [0.15, 0.2) is 24.1 Å². The number of nitrogens with one attached hydrogen (secondary N) is 2. The Morgan fingerprint density at radius 2 is 1.56 bits per heavy atom. The molecule has 1 heterocycles. The zero-order chi connectivity index (χ0) is 29.7. The van der Waals surface area contributed by atoms with Gasteiger partial charge >= 0.3 is 5.97 Å². The van der Waals surface area contributed by atoms with Crippen molar-refractivity contribution in [3.05, 3.63) is 99.7 Å². The second kappa shape index (κ2) is 12.5. The number of anilines is 2. The number of benzene rings is 3. The summed E-state index contributed by atoms with van der Waals surface area (Å²) in [5.74, 6) is -7.91. The first kappa shape index (κ1) is 29.1. The van der Waals surface area contributed by atoms with Gasteiger partial charge in [0.05, 0.1) is 16.2 Å². The Balaban J connectivity index is 1.32. The highest BCUT2D eigenvalue weighted by atomic mass is 32.2. The molecule has 0 bridgehead atoms. The zero-order valence-electron chi connectivity index (χ0n) is 21.2. The molecule has 2 N–H and O–H groups in total. The molecular weight excluding hydrogens is 563 g/mol. The number of halogens is 3. The minimum atomic E-state index is -1.78. The number of imide groups is 1. The van der Waals surface area contributed by atoms with Crippen molar-refractivity contribution in [3.8, 4) is 0 Å². The van der Waals surface area contributed by atoms with Crippen LogP contribution in [0.25, 0.3) is 6.08 Å². The fraction of sp³-hybridized carbons (Fsp3) is 0.107. The van der Waals surface area contributed by atoms with Gasteiger partial charge in [0.2, 0.25) is 5.91 Å². The van der Waals surface area contributed by atoms with Crippen LogP contribution in [0, 0.1) is 24.4 Å². The van der Waals surface area contributed by atoms with E-state index in [0.29, 0.717) is 34.0 Å². The van der Waals surface area contributed by atoms with E-state index >= 15 is 0 Å². The van der Waals surface area contributed by atoms with E-state index in [1.165, 1.54) is 30.3 Å². The molecule has 13 heteroatoms. The Morgan fingerprint density at radius 1 is 0.878 bits per heavy atom. The summed E-state index contributed by atoms with van der Waals surface area (Å²) in [5, 5.41) is 3.83. The van der Waals surface area contributed by atoms with Gasteiger partial charge in [-0.1, -0.05) is 29.8 Å². The molecular formula is C28H20F3N3O6S. The van der Waals surface area contributed by atoms with E-state index in [-0.39, 0.29) is 10.5 Å². The van der Waals surface area contributed by atoms with Crippen molar-refractivity contribution in [2.24, 2.45) is 0 Å². The maximum atomic E-state index is 13.8. The molecule has 0 atom stereocenters. The van der Waals surface area contributed by atoms with Crippen molar-refractivity contribution in [1.29, 1.82) is 0 Å². The van der Waals surface area contributed by atoms with Crippen LogP contribution in [0.4, 0.5) is 29.3 Å². The molecule has 0 aliphatic carbocycles. The fourth-order valence-electron chi connectivity index (χ4n) is 3.51. The standard InChI is InChI=1S/C28H20F3N3O6S/c1-15-2-8-18(9-3-15)32-23(36)14-40-27(38)17-6-4-16(5-7-17)12-21-26(37)34(28(39)41-21)13-22(35)33-20-11-10-19(29)24(30)25(20)31/h2-12H,13-14H2,1H3,(H,32,36)(H,33,35)/b21-12-. The van der Waals surface area contributed by atoms with Crippen LogP contribution in [0.5, 0.6) is 0 Å². The summed E-state index contributed by atoms with van der Waals surface area (Å²) in [4.78, 5) is 62.1. The quantitative estimate of drug-likeness (QED) is 0.220. The largest absolute Gasteiger partial charge is 0.452 e. The lowest BCUT2D eigenvalue weighted by Gasteiger charge is -2.13. The molecule has 9 nitrogen and oxygen atoms in total. The maximum absolute atomic E-state index is 13.8. The molecule has 0 unspecified atom stereocenters. The van der Waals surface area contributed by atoms with Gasteiger partial charge in [0, 0.05) is 5.69 Å². The van der Waals surface area contributed by atoms with Gasteiger partial charge in [0.25, 0.3) is 17.1 Å². The number of amides is 4. The molecule has 0 aromatic heterocycles. The zero-order valence-corrected chi connectivity index (χ0v) is 22.0. The van der Waals surface area contributed by atoms with Crippen LogP contribution in [0.3, 0.4) is 0 Å². The summed E-state index contributed by atoms with van der Waals surface area (Å²) < 4.78 is 45.3. The molecule has 4 rings (SSSR count). The average Bonchev–Trinajstić information content (AvgIpc) is 3.20. The Bertz CT molecular complexity index is 1580. The second-order valence-electron chi connectivity index (χ2n) is 8.65. The van der Waals surface area contributed by atoms with E-state index < -0.39 is 65.2 Å². The van der Waals surface area contributed by atoms with Gasteiger partial charge in [0.1, 0.15) is 6.54 Å². The summed E-state index contributed by atoms with van der Waals surface area (Å²) >= 11 is 0.554. The van der Waals surface area contributed by atoms with Gasteiger partial charge in [-0.05, 0) is 66.7 Å². The van der Waals surface area contributed by atoms with Crippen molar-refractivity contribution >= 4 is 58.1 Å². The number of carbonyl (C=O) groups excluding carboxylic acids is 5. The number of thioether (sulfide) groups is 1. The summed E-state index contributed by atoms with van der Waals surface area (Å²) in [6.45, 7) is 0.614. The molecule has 1 fully saturated rings. The highest BCUT2D eigenvalue weighted by Crippen LogP contribution is 2.32. The lowest BCUT2D eigenvalue weighted by molar-refractivity contribution is -0.127. The third-order valence-corrected chi connectivity index (χ3v) is 6.51. The number of rotatable bonds is 8. The molecule has 1 saturated heterocycles. The van der Waals surface area contributed by atoms with Gasteiger partial charge in [-0.3, -0.25) is 24.1 Å². The minimum absolute atomic E-state index is 0.0232. The molecule has 1 aliphatic heterocycles. The van der Waals surface area contributed by atoms with E-state index in [4.69, 9.17) is 4.74 Å². The predicted molar refractivity (Wildman–Crippen MR) is 144 cm³/mol. The molecule has 1 aliphatic rings. The van der Waals surface area contributed by atoms with Crippen molar-refractivity contribution in [3.63, 3.8) is 0 Å². The lowest BCUT2D eigenvalue weighted by atomic mass is 10.1. The highest BCUT2D eigenvalue weighted by molar-refractivity contribution is 8.18. The Hall–Kier alpha value is -4.91. The van der Waals surface area contributed by atoms with E-state index in [1.54, 1.807) is 12.1 Å². The van der Waals surface area contributed by atoms with Gasteiger partial charge in [-0.15, -0.1) is 0 Å². The van der Waals surface area contributed by atoms with E-state index in [0.717, 1.165) is 11.6 Å². The van der Waals surface area contributed by atoms with Crippen LogP contribution in [-0.4, -0.2) is 47.0 Å². The van der Waals surface area contributed by atoms with Crippen molar-refractivity contribution in [1.82, 2.24) is 4.90 Å². The number of ether oxygens (including phenoxy) is 1. The third-order valence-electron chi connectivity index (χ3n) is 5.60. The van der Waals surface area contributed by atoms with E-state index in [2.05, 4.69) is 5.32 Å². The number of carbonyl (C=O) groups is 5. The van der Waals surface area contributed by atoms with Gasteiger partial charge in [-0.2, -0.15) is 0 Å². The number of aryl methyl sites for hydroxylation is 1. The van der Waals surface area contributed by atoms with Crippen LogP contribution in [0.2, 0.25) is 0 Å². The van der Waals surface area contributed by atoms with Crippen molar-refractivity contribution in [2.45, 2.75) is 6.92 Å². The molecule has 0 saturated carbocycles. The number of esters is 1. The first-order chi connectivity index (χ1) is 19.5. The van der Waals surface area contributed by atoms with Crippen LogP contribution in [0.15, 0.2) is 65.6 Å². The van der Waals surface area contributed by atoms with Crippen LogP contribution >= 0.6 is 11.8 Å². The smallest absolute Gasteiger partial charge is 0.338 e. The van der Waals surface area contributed by atoms with Gasteiger partial charge < -0.3 is 15.4 Å². The summed E-state index contributed by atoms with van der Waals surface area (Å²) in [5.41, 5.74) is 1.51. The molecule has 4 amide bonds. The lowest BCUT2D eigenvalue weighted by Crippen LogP contribution is -2.36. The first-order valence-electron chi connectivity index (χ1n) is 11.8. The molecule has 210 valence electrons. The Labute approximate surface area is 235 Å². The van der Waals surface area contributed by atoms with Crippen LogP contribution < -0.4 is 10.6 Å². The molecule has 0 spiro atoms. The monoisotopic (exact) mass is 583 g/mol. The summed E-state index contributed by atoms with van der Waals surface area (Å²) in [6, 6.07) is 14.3. The SMILES string of the molecule is Cc1ccc(NC(=O)COC(=O)c2ccc(/C=C3\SC(=O)N(CC(=O)Nc4ccc(F)c(F)c4F)C3=O)cc2)cc1. The topological polar surface area (TPSA) is 122 Å². The molecule has 3 aromatic rings. The predicted octanol–water partition coefficient (Wildman–Crippen LogP) is 4.88. The van der Waals surface area contributed by atoms with Crippen molar-refractivity contribution in [2.75, 3.05) is 23.8 Å². The maximum Gasteiger partial charge on any atom is 0.338 e. The normalized spacial score (nSPS) is 13.9. The second-order valence-corrected chi connectivity index (χ2v) is 9.64. The summed E-state index contributed by atoms with van der Waals surface area (Å²) in [7, 11) is 0. The van der Waals surface area contributed by atoms with Crippen LogP contribution in [0.1, 0.15) is 21.5 Å². The van der Waals surface area contributed by atoms with Crippen LogP contribution in [-0.2, 0) is 19.1 Å².